The highest BCUT2D eigenvalue weighted by Gasteiger charge is 2.25. The van der Waals surface area contributed by atoms with Gasteiger partial charge < -0.3 is 9.47 Å². The summed E-state index contributed by atoms with van der Waals surface area (Å²) in [6, 6.07) is 0. The van der Waals surface area contributed by atoms with E-state index in [1.807, 2.05) is 34.6 Å². The largest absolute Gasteiger partial charge is 0.462 e. The number of rotatable bonds is 9. The molecule has 0 heterocycles. The van der Waals surface area contributed by atoms with Crippen molar-refractivity contribution in [2.45, 2.75) is 60.3 Å². The predicted octanol–water partition coefficient (Wildman–Crippen LogP) is 3.65. The van der Waals surface area contributed by atoms with Crippen LogP contribution in [0.2, 0.25) is 0 Å². The first kappa shape index (κ1) is 18.7. The van der Waals surface area contributed by atoms with Gasteiger partial charge in [0.1, 0.15) is 0 Å². The third kappa shape index (κ3) is 6.22. The van der Waals surface area contributed by atoms with E-state index in [-0.39, 0.29) is 11.9 Å². The van der Waals surface area contributed by atoms with Gasteiger partial charge in [0.15, 0.2) is 0 Å². The Morgan fingerprint density at radius 1 is 0.850 bits per heavy atom. The molecule has 0 rings (SSSR count). The van der Waals surface area contributed by atoms with E-state index in [0.29, 0.717) is 30.8 Å². The third-order valence-corrected chi connectivity index (χ3v) is 2.74. The van der Waals surface area contributed by atoms with Crippen molar-refractivity contribution in [2.75, 3.05) is 13.2 Å². The number of ether oxygens (including phenoxy) is 2. The molecule has 0 aliphatic rings. The van der Waals surface area contributed by atoms with Crippen LogP contribution in [0.3, 0.4) is 0 Å². The lowest BCUT2D eigenvalue weighted by Gasteiger charge is -2.16. The van der Waals surface area contributed by atoms with Gasteiger partial charge in [0.25, 0.3) is 0 Å². The topological polar surface area (TPSA) is 52.6 Å². The molecule has 4 heteroatoms. The Labute approximate surface area is 122 Å². The quantitative estimate of drug-likeness (QED) is 0.479. The maximum atomic E-state index is 12.2. The molecule has 0 radical (unpaired) electrons. The number of carbonyl (C=O) groups is 2. The SMILES string of the molecule is CCCOC(=O)C(CCC)=C(C(=O)OCCC)C(C)C. The fourth-order valence-electron chi connectivity index (χ4n) is 1.86. The van der Waals surface area contributed by atoms with Crippen molar-refractivity contribution in [1.29, 1.82) is 0 Å². The van der Waals surface area contributed by atoms with Gasteiger partial charge in [-0.1, -0.05) is 41.0 Å². The Bertz CT molecular complexity index is 342. The van der Waals surface area contributed by atoms with E-state index in [2.05, 4.69) is 0 Å². The van der Waals surface area contributed by atoms with Crippen LogP contribution in [0.25, 0.3) is 0 Å². The molecule has 20 heavy (non-hydrogen) atoms. The average Bonchev–Trinajstić information content (AvgIpc) is 2.41. The van der Waals surface area contributed by atoms with Crippen LogP contribution in [-0.4, -0.2) is 25.2 Å². The molecule has 0 aromatic heterocycles. The van der Waals surface area contributed by atoms with Crippen molar-refractivity contribution in [3.05, 3.63) is 11.1 Å². The highest BCUT2D eigenvalue weighted by Crippen LogP contribution is 2.22. The van der Waals surface area contributed by atoms with E-state index in [1.165, 1.54) is 0 Å². The summed E-state index contributed by atoms with van der Waals surface area (Å²) in [4.78, 5) is 24.3. The lowest BCUT2D eigenvalue weighted by Crippen LogP contribution is -2.20. The zero-order valence-electron chi connectivity index (χ0n) is 13.5. The highest BCUT2D eigenvalue weighted by atomic mass is 16.5. The Morgan fingerprint density at radius 3 is 1.75 bits per heavy atom. The fourth-order valence-corrected chi connectivity index (χ4v) is 1.86. The van der Waals surface area contributed by atoms with Gasteiger partial charge >= 0.3 is 11.9 Å². The molecule has 0 aliphatic carbocycles. The summed E-state index contributed by atoms with van der Waals surface area (Å²) in [5, 5.41) is 0. The van der Waals surface area contributed by atoms with Gasteiger partial charge in [0.2, 0.25) is 0 Å². The van der Waals surface area contributed by atoms with Gasteiger partial charge in [0.05, 0.1) is 18.8 Å². The molecule has 0 saturated heterocycles. The smallest absolute Gasteiger partial charge is 0.334 e. The first-order valence-corrected chi connectivity index (χ1v) is 7.56. The van der Waals surface area contributed by atoms with Crippen LogP contribution >= 0.6 is 0 Å². The molecular weight excluding hydrogens is 256 g/mol. The van der Waals surface area contributed by atoms with Gasteiger partial charge in [-0.15, -0.1) is 0 Å². The van der Waals surface area contributed by atoms with E-state index >= 15 is 0 Å². The molecule has 0 aromatic carbocycles. The van der Waals surface area contributed by atoms with Gasteiger partial charge in [-0.2, -0.15) is 0 Å². The zero-order chi connectivity index (χ0) is 15.5. The number of hydrogen-bond acceptors (Lipinski definition) is 4. The molecular formula is C16H28O4. The molecule has 0 spiro atoms. The van der Waals surface area contributed by atoms with E-state index in [0.717, 1.165) is 19.3 Å². The summed E-state index contributed by atoms with van der Waals surface area (Å²) in [6.45, 7) is 10.4. The summed E-state index contributed by atoms with van der Waals surface area (Å²) in [7, 11) is 0. The van der Waals surface area contributed by atoms with Crippen molar-refractivity contribution < 1.29 is 19.1 Å². The first-order valence-electron chi connectivity index (χ1n) is 7.56. The molecule has 0 atom stereocenters. The summed E-state index contributed by atoms with van der Waals surface area (Å²) in [5.74, 6) is -0.834. The second-order valence-electron chi connectivity index (χ2n) is 5.07. The minimum atomic E-state index is -0.390. The Balaban J connectivity index is 5.31. The molecule has 0 amide bonds. The van der Waals surface area contributed by atoms with E-state index in [9.17, 15) is 9.59 Å². The molecule has 0 unspecified atom stereocenters. The average molecular weight is 284 g/mol. The molecule has 0 aromatic rings. The normalized spacial score (nSPS) is 12.1. The number of carbonyl (C=O) groups excluding carboxylic acids is 2. The van der Waals surface area contributed by atoms with Crippen molar-refractivity contribution in [1.82, 2.24) is 0 Å². The molecule has 0 aliphatic heterocycles. The van der Waals surface area contributed by atoms with Gasteiger partial charge in [0, 0.05) is 5.57 Å². The van der Waals surface area contributed by atoms with Crippen molar-refractivity contribution >= 4 is 11.9 Å². The number of esters is 2. The summed E-state index contributed by atoms with van der Waals surface area (Å²) in [6.07, 6.45) is 2.86. The molecule has 116 valence electrons. The molecule has 0 fully saturated rings. The van der Waals surface area contributed by atoms with Crippen LogP contribution in [0.1, 0.15) is 60.3 Å². The summed E-state index contributed by atoms with van der Waals surface area (Å²) in [5.41, 5.74) is 0.929. The van der Waals surface area contributed by atoms with Crippen LogP contribution in [0.4, 0.5) is 0 Å². The second kappa shape index (κ2) is 10.5. The fraction of sp³-hybridized carbons (Fsp3) is 0.750. The molecule has 0 saturated carbocycles. The van der Waals surface area contributed by atoms with Crippen molar-refractivity contribution in [2.24, 2.45) is 5.92 Å². The lowest BCUT2D eigenvalue weighted by molar-refractivity contribution is -0.143. The Hall–Kier alpha value is -1.32. The minimum absolute atomic E-state index is 0.0601. The van der Waals surface area contributed by atoms with Gasteiger partial charge in [-0.25, -0.2) is 9.59 Å². The first-order chi connectivity index (χ1) is 9.49. The Morgan fingerprint density at radius 2 is 1.35 bits per heavy atom. The molecule has 0 bridgehead atoms. The molecule has 0 N–H and O–H groups in total. The summed E-state index contributed by atoms with van der Waals surface area (Å²) < 4.78 is 10.4. The highest BCUT2D eigenvalue weighted by molar-refractivity contribution is 6.00. The Kier molecular flexibility index (Phi) is 9.77. The maximum absolute atomic E-state index is 12.2. The zero-order valence-corrected chi connectivity index (χ0v) is 13.5. The van der Waals surface area contributed by atoms with E-state index < -0.39 is 5.97 Å². The molecule has 4 nitrogen and oxygen atoms in total. The predicted molar refractivity (Wildman–Crippen MR) is 79.3 cm³/mol. The maximum Gasteiger partial charge on any atom is 0.334 e. The van der Waals surface area contributed by atoms with Crippen molar-refractivity contribution in [3.63, 3.8) is 0 Å². The monoisotopic (exact) mass is 284 g/mol. The van der Waals surface area contributed by atoms with Gasteiger partial charge in [-0.3, -0.25) is 0 Å². The number of hydrogen-bond donors (Lipinski definition) is 0. The van der Waals surface area contributed by atoms with Crippen LogP contribution in [0, 0.1) is 5.92 Å². The second-order valence-corrected chi connectivity index (χ2v) is 5.07. The van der Waals surface area contributed by atoms with Gasteiger partial charge in [-0.05, 0) is 25.2 Å². The van der Waals surface area contributed by atoms with Crippen LogP contribution < -0.4 is 0 Å². The van der Waals surface area contributed by atoms with Crippen molar-refractivity contribution in [3.8, 4) is 0 Å². The van der Waals surface area contributed by atoms with Crippen LogP contribution in [0.15, 0.2) is 11.1 Å². The van der Waals surface area contributed by atoms with E-state index in [4.69, 9.17) is 9.47 Å². The summed E-state index contributed by atoms with van der Waals surface area (Å²) >= 11 is 0. The minimum Gasteiger partial charge on any atom is -0.462 e. The van der Waals surface area contributed by atoms with Crippen LogP contribution in [0.5, 0.6) is 0 Å². The lowest BCUT2D eigenvalue weighted by atomic mass is 9.94. The third-order valence-electron chi connectivity index (χ3n) is 2.74. The van der Waals surface area contributed by atoms with Crippen LogP contribution in [-0.2, 0) is 19.1 Å². The van der Waals surface area contributed by atoms with E-state index in [1.54, 1.807) is 0 Å². The standard InChI is InChI=1S/C16H28O4/c1-6-9-13(15(17)19-10-7-2)14(12(4)5)16(18)20-11-8-3/h12H,6-11H2,1-5H3.